The molecule has 0 amide bonds. The number of rotatable bonds is 1. The molecule has 0 saturated carbocycles. The first-order valence-corrected chi connectivity index (χ1v) is 11.8. The Morgan fingerprint density at radius 1 is 0.529 bits per heavy atom. The van der Waals surface area contributed by atoms with Crippen molar-refractivity contribution in [1.29, 1.82) is 0 Å². The molecule has 5 aromatic carbocycles. The van der Waals surface area contributed by atoms with E-state index in [-0.39, 0.29) is 5.12 Å². The average molecular weight is 453 g/mol. The van der Waals surface area contributed by atoms with Crippen molar-refractivity contribution in [1.82, 2.24) is 0 Å². The highest BCUT2D eigenvalue weighted by Gasteiger charge is 2.11. The molecule has 0 spiro atoms. The molecule has 0 aliphatic carbocycles. The smallest absolute Gasteiger partial charge is 0.190 e. The zero-order valence-electron chi connectivity index (χ0n) is 18.6. The summed E-state index contributed by atoms with van der Waals surface area (Å²) in [6.45, 7) is 1.57. The van der Waals surface area contributed by atoms with E-state index in [9.17, 15) is 4.79 Å². The van der Waals surface area contributed by atoms with Crippen molar-refractivity contribution in [2.75, 3.05) is 0 Å². The number of hydrogen-bond donors (Lipinski definition) is 0. The van der Waals surface area contributed by atoms with Gasteiger partial charge in [-0.15, -0.1) is 0 Å². The first-order valence-electron chi connectivity index (χ1n) is 11.0. The van der Waals surface area contributed by atoms with Crippen LogP contribution in [-0.2, 0) is 4.79 Å². The molecule has 5 aromatic rings. The molecule has 0 atom stereocenters. The Morgan fingerprint density at radius 3 is 1.38 bits per heavy atom. The van der Waals surface area contributed by atoms with Gasteiger partial charge in [-0.05, 0) is 57.9 Å². The Kier molecular flexibility index (Phi) is 6.17. The van der Waals surface area contributed by atoms with Gasteiger partial charge in [-0.2, -0.15) is 0 Å². The first-order chi connectivity index (χ1) is 16.7. The van der Waals surface area contributed by atoms with E-state index in [1.807, 2.05) is 78.9 Å². The number of hydrogen-bond acceptors (Lipinski definition) is 2. The fraction of sp³-hybridized carbons (Fsp3) is 0.0312. The van der Waals surface area contributed by atoms with Gasteiger partial charge in [0.15, 0.2) is 5.12 Å². The topological polar surface area (TPSA) is 17.1 Å². The molecule has 0 aliphatic heterocycles. The van der Waals surface area contributed by atoms with Gasteiger partial charge in [0, 0.05) is 34.1 Å². The fourth-order valence-electron chi connectivity index (χ4n) is 3.96. The van der Waals surface area contributed by atoms with E-state index in [0.717, 1.165) is 48.7 Å². The second-order valence-electron chi connectivity index (χ2n) is 7.83. The monoisotopic (exact) mass is 452 g/mol. The van der Waals surface area contributed by atoms with Crippen LogP contribution in [0.3, 0.4) is 0 Å². The van der Waals surface area contributed by atoms with E-state index in [0.29, 0.717) is 0 Å². The molecule has 0 bridgehead atoms. The predicted molar refractivity (Wildman–Crippen MR) is 143 cm³/mol. The molecule has 0 unspecified atom stereocenters. The molecule has 34 heavy (non-hydrogen) atoms. The Labute approximate surface area is 203 Å². The van der Waals surface area contributed by atoms with Gasteiger partial charge in [0.05, 0.1) is 0 Å². The van der Waals surface area contributed by atoms with E-state index in [1.54, 1.807) is 6.92 Å². The van der Waals surface area contributed by atoms with Crippen LogP contribution >= 0.6 is 11.8 Å². The number of carbonyl (C=O) groups excluding carboxylic acids is 1. The van der Waals surface area contributed by atoms with Crippen molar-refractivity contribution in [3.8, 4) is 23.7 Å². The fourth-order valence-corrected chi connectivity index (χ4v) is 4.56. The minimum Gasteiger partial charge on any atom is -0.287 e. The summed E-state index contributed by atoms with van der Waals surface area (Å²) in [6.07, 6.45) is 0. The van der Waals surface area contributed by atoms with Gasteiger partial charge in [0.2, 0.25) is 0 Å². The van der Waals surface area contributed by atoms with Crippen LogP contribution in [-0.4, -0.2) is 5.12 Å². The van der Waals surface area contributed by atoms with Gasteiger partial charge < -0.3 is 0 Å². The molecule has 0 heterocycles. The molecule has 0 aliphatic rings. The molecule has 0 radical (unpaired) electrons. The molecule has 160 valence electrons. The zero-order chi connectivity index (χ0) is 23.3. The molecule has 0 aromatic heterocycles. The van der Waals surface area contributed by atoms with Crippen LogP contribution in [0, 0.1) is 23.7 Å². The lowest BCUT2D eigenvalue weighted by molar-refractivity contribution is -0.109. The predicted octanol–water partition coefficient (Wildman–Crippen LogP) is 7.43. The summed E-state index contributed by atoms with van der Waals surface area (Å²) < 4.78 is 0. The Morgan fingerprint density at radius 2 is 0.941 bits per heavy atom. The summed E-state index contributed by atoms with van der Waals surface area (Å²) in [5, 5.41) is 4.46. The lowest BCUT2D eigenvalue weighted by atomic mass is 9.92. The Bertz CT molecular complexity index is 1580. The highest BCUT2D eigenvalue weighted by atomic mass is 32.2. The van der Waals surface area contributed by atoms with E-state index in [2.05, 4.69) is 47.9 Å². The van der Waals surface area contributed by atoms with Crippen LogP contribution in [0.1, 0.15) is 29.2 Å². The third-order valence-electron chi connectivity index (χ3n) is 5.48. The second kappa shape index (κ2) is 9.72. The summed E-state index contributed by atoms with van der Waals surface area (Å²) in [7, 11) is 0. The van der Waals surface area contributed by atoms with E-state index < -0.39 is 0 Å². The van der Waals surface area contributed by atoms with Crippen LogP contribution in [0.4, 0.5) is 0 Å². The third-order valence-corrected chi connectivity index (χ3v) is 6.28. The summed E-state index contributed by atoms with van der Waals surface area (Å²) in [6, 6.07) is 34.5. The van der Waals surface area contributed by atoms with Crippen molar-refractivity contribution in [2.24, 2.45) is 0 Å². The first kappa shape index (κ1) is 21.6. The normalized spacial score (nSPS) is 10.3. The van der Waals surface area contributed by atoms with Gasteiger partial charge in [-0.3, -0.25) is 4.79 Å². The number of fused-ring (bicyclic) bond motifs is 2. The molecule has 0 N–H and O–H groups in total. The highest BCUT2D eigenvalue weighted by Crippen LogP contribution is 2.32. The van der Waals surface area contributed by atoms with Crippen molar-refractivity contribution >= 4 is 38.4 Å². The average Bonchev–Trinajstić information content (AvgIpc) is 2.87. The molecule has 1 nitrogen and oxygen atoms in total. The molecule has 5 rings (SSSR count). The van der Waals surface area contributed by atoms with Crippen LogP contribution in [0.25, 0.3) is 21.5 Å². The summed E-state index contributed by atoms with van der Waals surface area (Å²) in [4.78, 5) is 12.3. The maximum Gasteiger partial charge on any atom is 0.190 e. The molecule has 2 heteroatoms. The van der Waals surface area contributed by atoms with Gasteiger partial charge in [0.1, 0.15) is 0 Å². The van der Waals surface area contributed by atoms with Crippen molar-refractivity contribution in [3.05, 3.63) is 125 Å². The number of carbonyl (C=O) groups is 1. The number of benzene rings is 5. The summed E-state index contributed by atoms with van der Waals surface area (Å²) >= 11 is 1.23. The Hall–Kier alpha value is -4.24. The molecular weight excluding hydrogens is 432 g/mol. The lowest BCUT2D eigenvalue weighted by Crippen LogP contribution is -1.90. The van der Waals surface area contributed by atoms with Crippen LogP contribution in [0.2, 0.25) is 0 Å². The minimum absolute atomic E-state index is 0.0761. The van der Waals surface area contributed by atoms with Crippen LogP contribution in [0.5, 0.6) is 0 Å². The van der Waals surface area contributed by atoms with Gasteiger partial charge in [0.25, 0.3) is 0 Å². The quantitative estimate of drug-likeness (QED) is 0.149. The zero-order valence-corrected chi connectivity index (χ0v) is 19.4. The van der Waals surface area contributed by atoms with Crippen molar-refractivity contribution < 1.29 is 4.79 Å². The number of thioether (sulfide) groups is 1. The van der Waals surface area contributed by atoms with E-state index in [1.165, 1.54) is 11.8 Å². The van der Waals surface area contributed by atoms with E-state index in [4.69, 9.17) is 0 Å². The summed E-state index contributed by atoms with van der Waals surface area (Å²) in [5.41, 5.74) is 3.92. The SMILES string of the molecule is CC(=O)Sc1ccc(C#Cc2c3ccccc3c(C#Cc3ccccc3)c3ccccc23)cc1. The molecule has 0 saturated heterocycles. The second-order valence-corrected chi connectivity index (χ2v) is 9.08. The van der Waals surface area contributed by atoms with Gasteiger partial charge in [-0.25, -0.2) is 0 Å². The Balaban J connectivity index is 1.67. The van der Waals surface area contributed by atoms with Crippen LogP contribution in [0.15, 0.2) is 108 Å². The van der Waals surface area contributed by atoms with Crippen molar-refractivity contribution in [2.45, 2.75) is 11.8 Å². The lowest BCUT2D eigenvalue weighted by Gasteiger charge is -2.10. The molecule has 0 fully saturated rings. The maximum atomic E-state index is 11.3. The summed E-state index contributed by atoms with van der Waals surface area (Å²) in [5.74, 6) is 13.5. The largest absolute Gasteiger partial charge is 0.287 e. The van der Waals surface area contributed by atoms with E-state index >= 15 is 0 Å². The highest BCUT2D eigenvalue weighted by molar-refractivity contribution is 8.13. The van der Waals surface area contributed by atoms with Gasteiger partial charge in [-0.1, -0.05) is 102 Å². The van der Waals surface area contributed by atoms with Gasteiger partial charge >= 0.3 is 0 Å². The minimum atomic E-state index is 0.0761. The standard InChI is InChI=1S/C32H20OS/c1-23(33)34-26-19-15-25(16-20-26)18-22-32-29-13-7-5-11-27(29)31(28-12-6-8-14-30(28)32)21-17-24-9-3-2-4-10-24/h2-16,19-20H,1H3. The molecular formula is C32H20OS. The van der Waals surface area contributed by atoms with Crippen molar-refractivity contribution in [3.63, 3.8) is 0 Å². The third kappa shape index (κ3) is 4.60. The maximum absolute atomic E-state index is 11.3. The van der Waals surface area contributed by atoms with Crippen LogP contribution < -0.4 is 0 Å².